The molecule has 0 saturated carbocycles. The Balaban J connectivity index is 2.33. The number of carboxylic acids is 1. The fraction of sp³-hybridized carbons (Fsp3) is 0. The molecule has 0 unspecified atom stereocenters. The van der Waals surface area contributed by atoms with Gasteiger partial charge in [-0.15, -0.1) is 0 Å². The third-order valence-corrected chi connectivity index (χ3v) is 3.17. The molecule has 0 aliphatic heterocycles. The van der Waals surface area contributed by atoms with Crippen molar-refractivity contribution in [3.05, 3.63) is 63.4 Å². The zero-order valence-electron chi connectivity index (χ0n) is 10.4. The third kappa shape index (κ3) is 3.51. The summed E-state index contributed by atoms with van der Waals surface area (Å²) in [6, 6.07) is 7.42. The molecule has 0 aliphatic carbocycles. The van der Waals surface area contributed by atoms with Crippen molar-refractivity contribution < 1.29 is 19.1 Å². The quantitative estimate of drug-likeness (QED) is 0.892. The fourth-order valence-corrected chi connectivity index (χ4v) is 1.99. The van der Waals surface area contributed by atoms with Gasteiger partial charge < -0.3 is 10.4 Å². The molecule has 108 valence electrons. The Morgan fingerprint density at radius 1 is 1.10 bits per heavy atom. The molecule has 2 N–H and O–H groups in total. The van der Waals surface area contributed by atoms with E-state index in [1.807, 2.05) is 0 Å². The van der Waals surface area contributed by atoms with Crippen molar-refractivity contribution in [2.45, 2.75) is 0 Å². The van der Waals surface area contributed by atoms with Gasteiger partial charge in [0.05, 0.1) is 16.3 Å². The van der Waals surface area contributed by atoms with Crippen LogP contribution in [0.25, 0.3) is 0 Å². The lowest BCUT2D eigenvalue weighted by molar-refractivity contribution is 0.0698. The molecule has 1 amide bonds. The Kier molecular flexibility index (Phi) is 4.45. The van der Waals surface area contributed by atoms with Crippen molar-refractivity contribution in [3.8, 4) is 0 Å². The highest BCUT2D eigenvalue weighted by atomic mass is 35.5. The molecular formula is C14H8Cl2FNO3. The van der Waals surface area contributed by atoms with E-state index in [0.29, 0.717) is 0 Å². The van der Waals surface area contributed by atoms with E-state index < -0.39 is 17.7 Å². The number of carbonyl (C=O) groups is 2. The van der Waals surface area contributed by atoms with Gasteiger partial charge in [-0.25, -0.2) is 9.18 Å². The summed E-state index contributed by atoms with van der Waals surface area (Å²) < 4.78 is 13.1. The first-order chi connectivity index (χ1) is 9.88. The van der Waals surface area contributed by atoms with E-state index in [2.05, 4.69) is 5.32 Å². The van der Waals surface area contributed by atoms with E-state index in [0.717, 1.165) is 12.1 Å². The maximum absolute atomic E-state index is 13.1. The number of anilines is 1. The summed E-state index contributed by atoms with van der Waals surface area (Å²) in [5, 5.41) is 11.5. The van der Waals surface area contributed by atoms with Crippen LogP contribution in [0.2, 0.25) is 10.0 Å². The summed E-state index contributed by atoms with van der Waals surface area (Å²) in [4.78, 5) is 23.1. The fourth-order valence-electron chi connectivity index (χ4n) is 1.64. The molecule has 0 fully saturated rings. The molecule has 0 bridgehead atoms. The number of rotatable bonds is 3. The largest absolute Gasteiger partial charge is 0.478 e. The van der Waals surface area contributed by atoms with Gasteiger partial charge in [0.25, 0.3) is 5.91 Å². The van der Waals surface area contributed by atoms with Crippen molar-refractivity contribution in [1.82, 2.24) is 0 Å². The standard InChI is InChI=1S/C14H8Cl2FNO3/c15-8-2-3-9(14(20)21)12(6-8)18-13(19)7-1-4-11(17)10(16)5-7/h1-6H,(H,18,19)(H,20,21). The molecule has 0 saturated heterocycles. The van der Waals surface area contributed by atoms with Crippen LogP contribution in [-0.2, 0) is 0 Å². The Morgan fingerprint density at radius 2 is 1.81 bits per heavy atom. The lowest BCUT2D eigenvalue weighted by atomic mass is 10.1. The minimum Gasteiger partial charge on any atom is -0.478 e. The Bertz CT molecular complexity index is 734. The van der Waals surface area contributed by atoms with Crippen LogP contribution in [-0.4, -0.2) is 17.0 Å². The normalized spacial score (nSPS) is 10.2. The van der Waals surface area contributed by atoms with Crippen LogP contribution in [0.1, 0.15) is 20.7 Å². The second kappa shape index (κ2) is 6.11. The molecule has 0 aliphatic rings. The predicted octanol–water partition coefficient (Wildman–Crippen LogP) is 4.08. The molecule has 4 nitrogen and oxygen atoms in total. The first-order valence-corrected chi connectivity index (χ1v) is 6.43. The monoisotopic (exact) mass is 327 g/mol. The van der Waals surface area contributed by atoms with Crippen molar-refractivity contribution in [1.29, 1.82) is 0 Å². The molecule has 21 heavy (non-hydrogen) atoms. The first kappa shape index (κ1) is 15.3. The second-order valence-corrected chi connectivity index (χ2v) is 4.92. The average molecular weight is 328 g/mol. The average Bonchev–Trinajstić information content (AvgIpc) is 2.41. The molecule has 0 atom stereocenters. The van der Waals surface area contributed by atoms with Crippen molar-refractivity contribution in [2.75, 3.05) is 5.32 Å². The van der Waals surface area contributed by atoms with Crippen molar-refractivity contribution in [3.63, 3.8) is 0 Å². The van der Waals surface area contributed by atoms with E-state index >= 15 is 0 Å². The molecule has 2 aromatic carbocycles. The number of carbonyl (C=O) groups excluding carboxylic acids is 1. The number of nitrogens with one attached hydrogen (secondary N) is 1. The number of hydrogen-bond acceptors (Lipinski definition) is 2. The SMILES string of the molecule is O=C(Nc1cc(Cl)ccc1C(=O)O)c1ccc(F)c(Cl)c1. The van der Waals surface area contributed by atoms with Gasteiger partial charge in [-0.3, -0.25) is 4.79 Å². The topological polar surface area (TPSA) is 66.4 Å². The summed E-state index contributed by atoms with van der Waals surface area (Å²) in [6.45, 7) is 0. The molecule has 7 heteroatoms. The highest BCUT2D eigenvalue weighted by molar-refractivity contribution is 6.31. The second-order valence-electron chi connectivity index (χ2n) is 4.08. The number of amides is 1. The van der Waals surface area contributed by atoms with Gasteiger partial charge in [0.15, 0.2) is 0 Å². The Hall–Kier alpha value is -2.11. The summed E-state index contributed by atoms with van der Waals surface area (Å²) >= 11 is 11.4. The Morgan fingerprint density at radius 3 is 2.43 bits per heavy atom. The van der Waals surface area contributed by atoms with Crippen molar-refractivity contribution >= 4 is 40.8 Å². The lowest BCUT2D eigenvalue weighted by Gasteiger charge is -2.09. The Labute approximate surface area is 129 Å². The van der Waals surface area contributed by atoms with Gasteiger partial charge in [-0.05, 0) is 36.4 Å². The first-order valence-electron chi connectivity index (χ1n) is 5.67. The summed E-state index contributed by atoms with van der Waals surface area (Å²) in [7, 11) is 0. The van der Waals surface area contributed by atoms with E-state index in [4.69, 9.17) is 28.3 Å². The van der Waals surface area contributed by atoms with Crippen LogP contribution in [0.4, 0.5) is 10.1 Å². The zero-order chi connectivity index (χ0) is 15.6. The van der Waals surface area contributed by atoms with Crippen LogP contribution in [0, 0.1) is 5.82 Å². The summed E-state index contributed by atoms with van der Waals surface area (Å²) in [5.41, 5.74) is 0.0270. The van der Waals surface area contributed by atoms with E-state index in [9.17, 15) is 14.0 Å². The minimum absolute atomic E-state index is 0.0421. The van der Waals surface area contributed by atoms with Crippen LogP contribution in [0.3, 0.4) is 0 Å². The van der Waals surface area contributed by atoms with Gasteiger partial charge >= 0.3 is 5.97 Å². The van der Waals surface area contributed by atoms with Gasteiger partial charge in [0, 0.05) is 10.6 Å². The molecule has 0 heterocycles. The van der Waals surface area contributed by atoms with Gasteiger partial charge in [0.2, 0.25) is 0 Å². The third-order valence-electron chi connectivity index (χ3n) is 2.64. The number of halogens is 3. The highest BCUT2D eigenvalue weighted by Crippen LogP contribution is 2.23. The minimum atomic E-state index is -1.21. The van der Waals surface area contributed by atoms with Crippen LogP contribution >= 0.6 is 23.2 Å². The van der Waals surface area contributed by atoms with Gasteiger partial charge in [-0.2, -0.15) is 0 Å². The molecule has 0 radical (unpaired) electrons. The van der Waals surface area contributed by atoms with Crippen LogP contribution in [0.15, 0.2) is 36.4 Å². The highest BCUT2D eigenvalue weighted by Gasteiger charge is 2.15. The van der Waals surface area contributed by atoms with Crippen LogP contribution < -0.4 is 5.32 Å². The number of aromatic carboxylic acids is 1. The van der Waals surface area contributed by atoms with Crippen molar-refractivity contribution in [2.24, 2.45) is 0 Å². The smallest absolute Gasteiger partial charge is 0.337 e. The summed E-state index contributed by atoms with van der Waals surface area (Å²) in [5.74, 6) is -2.48. The maximum Gasteiger partial charge on any atom is 0.337 e. The van der Waals surface area contributed by atoms with Gasteiger partial charge in [-0.1, -0.05) is 23.2 Å². The maximum atomic E-state index is 13.1. The van der Waals surface area contributed by atoms with Crippen LogP contribution in [0.5, 0.6) is 0 Å². The number of hydrogen-bond donors (Lipinski definition) is 2. The molecular weight excluding hydrogens is 320 g/mol. The van der Waals surface area contributed by atoms with E-state index in [1.54, 1.807) is 0 Å². The molecule has 0 aromatic heterocycles. The number of benzene rings is 2. The zero-order valence-corrected chi connectivity index (χ0v) is 11.9. The van der Waals surface area contributed by atoms with Gasteiger partial charge in [0.1, 0.15) is 5.82 Å². The molecule has 2 aromatic rings. The van der Waals surface area contributed by atoms with E-state index in [1.165, 1.54) is 24.3 Å². The predicted molar refractivity (Wildman–Crippen MR) is 77.8 cm³/mol. The molecule has 0 spiro atoms. The van der Waals surface area contributed by atoms with E-state index in [-0.39, 0.29) is 26.9 Å². The molecule has 2 rings (SSSR count). The lowest BCUT2D eigenvalue weighted by Crippen LogP contribution is -2.15. The number of carboxylic acid groups (broad SMARTS) is 1. The summed E-state index contributed by atoms with van der Waals surface area (Å²) in [6.07, 6.45) is 0.